The zero-order valence-corrected chi connectivity index (χ0v) is 14.9. The predicted octanol–water partition coefficient (Wildman–Crippen LogP) is 3.26. The van der Waals surface area contributed by atoms with E-state index in [4.69, 9.17) is 4.98 Å². The van der Waals surface area contributed by atoms with E-state index < -0.39 is 0 Å². The molecular formula is C20H26N4O. The van der Waals surface area contributed by atoms with E-state index in [9.17, 15) is 4.79 Å². The number of likely N-dealkylation sites (tertiary alicyclic amines) is 1. The molecule has 132 valence electrons. The number of nitrogens with zero attached hydrogens (tertiary/aromatic N) is 4. The summed E-state index contributed by atoms with van der Waals surface area (Å²) in [4.78, 5) is 23.6. The maximum absolute atomic E-state index is 12.7. The molecule has 1 aliphatic carbocycles. The van der Waals surface area contributed by atoms with E-state index in [2.05, 4.69) is 16.5 Å². The van der Waals surface area contributed by atoms with Crippen molar-refractivity contribution in [3.8, 4) is 0 Å². The Balaban J connectivity index is 1.48. The molecule has 25 heavy (non-hydrogen) atoms. The van der Waals surface area contributed by atoms with Crippen LogP contribution in [0, 0.1) is 6.92 Å². The average Bonchev–Trinajstić information content (AvgIpc) is 2.95. The summed E-state index contributed by atoms with van der Waals surface area (Å²) in [6.45, 7) is 3.81. The Kier molecular flexibility index (Phi) is 4.55. The highest BCUT2D eigenvalue weighted by Gasteiger charge is 2.31. The molecule has 0 bridgehead atoms. The van der Waals surface area contributed by atoms with Crippen molar-refractivity contribution in [2.75, 3.05) is 13.1 Å². The molecule has 0 spiro atoms. The number of rotatable bonds is 4. The SMILES string of the molecule is Cc1cnc(C2CCC2)n1C1CCCN(C(=O)Cc2cccnc2)C1. The molecule has 1 saturated heterocycles. The van der Waals surface area contributed by atoms with Crippen molar-refractivity contribution in [1.82, 2.24) is 19.4 Å². The third kappa shape index (κ3) is 3.32. The lowest BCUT2D eigenvalue weighted by Gasteiger charge is -2.36. The summed E-state index contributed by atoms with van der Waals surface area (Å²) < 4.78 is 2.42. The summed E-state index contributed by atoms with van der Waals surface area (Å²) in [6.07, 6.45) is 12.0. The maximum Gasteiger partial charge on any atom is 0.227 e. The fourth-order valence-corrected chi connectivity index (χ4v) is 4.09. The standard InChI is InChI=1S/C20H26N4O/c1-15-12-22-20(17-6-2-7-17)24(15)18-8-4-10-23(14-18)19(25)11-16-5-3-9-21-13-16/h3,5,9,12-13,17-18H,2,4,6-8,10-11,14H2,1H3. The molecule has 4 rings (SSSR count). The number of carbonyl (C=O) groups is 1. The van der Waals surface area contributed by atoms with Gasteiger partial charge in [-0.25, -0.2) is 4.98 Å². The van der Waals surface area contributed by atoms with Gasteiger partial charge in [0, 0.05) is 43.3 Å². The monoisotopic (exact) mass is 338 g/mol. The second kappa shape index (κ2) is 6.98. The lowest BCUT2D eigenvalue weighted by molar-refractivity contribution is -0.132. The van der Waals surface area contributed by atoms with Crippen molar-refractivity contribution in [1.29, 1.82) is 0 Å². The highest BCUT2D eigenvalue weighted by Crippen LogP contribution is 2.38. The molecular weight excluding hydrogens is 312 g/mol. The van der Waals surface area contributed by atoms with Crippen molar-refractivity contribution >= 4 is 5.91 Å². The summed E-state index contributed by atoms with van der Waals surface area (Å²) in [5.41, 5.74) is 2.22. The van der Waals surface area contributed by atoms with Gasteiger partial charge in [-0.15, -0.1) is 0 Å². The van der Waals surface area contributed by atoms with Gasteiger partial charge in [0.15, 0.2) is 0 Å². The Bertz CT molecular complexity index is 735. The fourth-order valence-electron chi connectivity index (χ4n) is 4.09. The minimum absolute atomic E-state index is 0.209. The normalized spacial score (nSPS) is 21.2. The van der Waals surface area contributed by atoms with Gasteiger partial charge in [-0.3, -0.25) is 9.78 Å². The van der Waals surface area contributed by atoms with E-state index >= 15 is 0 Å². The Labute approximate surface area is 149 Å². The molecule has 2 aromatic heterocycles. The Hall–Kier alpha value is -2.17. The first-order valence-corrected chi connectivity index (χ1v) is 9.43. The quantitative estimate of drug-likeness (QED) is 0.860. The molecule has 1 amide bonds. The molecule has 1 aliphatic heterocycles. The highest BCUT2D eigenvalue weighted by atomic mass is 16.2. The number of aromatic nitrogens is 3. The zero-order chi connectivity index (χ0) is 17.2. The first-order chi connectivity index (χ1) is 12.2. The van der Waals surface area contributed by atoms with E-state index in [1.807, 2.05) is 23.2 Å². The Morgan fingerprint density at radius 2 is 2.12 bits per heavy atom. The number of piperidine rings is 1. The predicted molar refractivity (Wildman–Crippen MR) is 96.3 cm³/mol. The summed E-state index contributed by atoms with van der Waals surface area (Å²) in [7, 11) is 0. The van der Waals surface area contributed by atoms with Crippen molar-refractivity contribution in [3.05, 3.63) is 47.8 Å². The van der Waals surface area contributed by atoms with Crippen LogP contribution >= 0.6 is 0 Å². The summed E-state index contributed by atoms with van der Waals surface area (Å²) in [5, 5.41) is 0. The van der Waals surface area contributed by atoms with Gasteiger partial charge in [0.2, 0.25) is 5.91 Å². The van der Waals surface area contributed by atoms with Crippen LogP contribution in [-0.2, 0) is 11.2 Å². The second-order valence-electron chi connectivity index (χ2n) is 7.43. The van der Waals surface area contributed by atoms with Crippen molar-refractivity contribution in [3.63, 3.8) is 0 Å². The molecule has 1 saturated carbocycles. The van der Waals surface area contributed by atoms with Crippen LogP contribution in [0.25, 0.3) is 0 Å². The molecule has 0 aromatic carbocycles. The van der Waals surface area contributed by atoms with Gasteiger partial charge in [-0.05, 0) is 44.2 Å². The van der Waals surface area contributed by atoms with E-state index in [-0.39, 0.29) is 5.91 Å². The highest BCUT2D eigenvalue weighted by molar-refractivity contribution is 5.78. The van der Waals surface area contributed by atoms with Crippen LogP contribution in [0.5, 0.6) is 0 Å². The zero-order valence-electron chi connectivity index (χ0n) is 14.9. The van der Waals surface area contributed by atoms with Crippen LogP contribution in [0.4, 0.5) is 0 Å². The van der Waals surface area contributed by atoms with Gasteiger partial charge in [-0.2, -0.15) is 0 Å². The van der Waals surface area contributed by atoms with Crippen molar-refractivity contribution in [2.45, 2.75) is 57.4 Å². The van der Waals surface area contributed by atoms with Gasteiger partial charge < -0.3 is 9.47 Å². The molecule has 2 aromatic rings. The number of carbonyl (C=O) groups excluding carboxylic acids is 1. The third-order valence-electron chi connectivity index (χ3n) is 5.67. The molecule has 2 aliphatic rings. The minimum atomic E-state index is 0.209. The molecule has 5 nitrogen and oxygen atoms in total. The number of hydrogen-bond acceptors (Lipinski definition) is 3. The Morgan fingerprint density at radius 3 is 2.84 bits per heavy atom. The largest absolute Gasteiger partial charge is 0.340 e. The molecule has 3 heterocycles. The van der Waals surface area contributed by atoms with E-state index in [0.717, 1.165) is 31.5 Å². The number of aryl methyl sites for hydroxylation is 1. The molecule has 0 radical (unpaired) electrons. The summed E-state index contributed by atoms with van der Waals surface area (Å²) in [6, 6.07) is 4.23. The first kappa shape index (κ1) is 16.3. The minimum Gasteiger partial charge on any atom is -0.340 e. The molecule has 2 fully saturated rings. The van der Waals surface area contributed by atoms with Crippen molar-refractivity contribution in [2.24, 2.45) is 0 Å². The number of hydrogen-bond donors (Lipinski definition) is 0. The lowest BCUT2D eigenvalue weighted by atomic mass is 9.84. The van der Waals surface area contributed by atoms with E-state index in [1.54, 1.807) is 12.4 Å². The third-order valence-corrected chi connectivity index (χ3v) is 5.67. The summed E-state index contributed by atoms with van der Waals surface area (Å²) >= 11 is 0. The van der Waals surface area contributed by atoms with Crippen LogP contribution in [0.15, 0.2) is 30.7 Å². The molecule has 1 unspecified atom stereocenters. The lowest BCUT2D eigenvalue weighted by Crippen LogP contribution is -2.42. The smallest absolute Gasteiger partial charge is 0.227 e. The van der Waals surface area contributed by atoms with Crippen LogP contribution < -0.4 is 0 Å². The van der Waals surface area contributed by atoms with Gasteiger partial charge in [0.1, 0.15) is 5.82 Å². The van der Waals surface area contributed by atoms with E-state index in [0.29, 0.717) is 18.4 Å². The van der Waals surface area contributed by atoms with Gasteiger partial charge in [0.25, 0.3) is 0 Å². The number of amides is 1. The molecule has 1 atom stereocenters. The first-order valence-electron chi connectivity index (χ1n) is 9.43. The molecule has 5 heteroatoms. The van der Waals surface area contributed by atoms with Crippen LogP contribution in [-0.4, -0.2) is 38.4 Å². The number of imidazole rings is 1. The van der Waals surface area contributed by atoms with Crippen LogP contribution in [0.2, 0.25) is 0 Å². The van der Waals surface area contributed by atoms with Crippen molar-refractivity contribution < 1.29 is 4.79 Å². The van der Waals surface area contributed by atoms with Gasteiger partial charge in [0.05, 0.1) is 12.5 Å². The van der Waals surface area contributed by atoms with Crippen LogP contribution in [0.1, 0.15) is 61.1 Å². The Morgan fingerprint density at radius 1 is 1.24 bits per heavy atom. The summed E-state index contributed by atoms with van der Waals surface area (Å²) in [5.74, 6) is 2.08. The van der Waals surface area contributed by atoms with Crippen LogP contribution in [0.3, 0.4) is 0 Å². The topological polar surface area (TPSA) is 51.0 Å². The number of pyridine rings is 1. The average molecular weight is 338 g/mol. The van der Waals surface area contributed by atoms with Gasteiger partial charge in [-0.1, -0.05) is 12.5 Å². The van der Waals surface area contributed by atoms with Gasteiger partial charge >= 0.3 is 0 Å². The molecule has 0 N–H and O–H groups in total. The maximum atomic E-state index is 12.7. The fraction of sp³-hybridized carbons (Fsp3) is 0.550. The van der Waals surface area contributed by atoms with E-state index in [1.165, 1.54) is 30.8 Å². The second-order valence-corrected chi connectivity index (χ2v) is 7.43.